The summed E-state index contributed by atoms with van der Waals surface area (Å²) in [4.78, 5) is 0. The number of anilines is 1. The largest absolute Gasteiger partial charge is 0.380 e. The first-order chi connectivity index (χ1) is 8.69. The van der Waals surface area contributed by atoms with Crippen LogP contribution in [-0.4, -0.2) is 0 Å². The second-order valence-electron chi connectivity index (χ2n) is 3.78. The smallest absolute Gasteiger partial charge is 0.101 e. The summed E-state index contributed by atoms with van der Waals surface area (Å²) in [6.45, 7) is 0.673. The molecule has 4 heteroatoms. The van der Waals surface area contributed by atoms with Crippen LogP contribution in [0.25, 0.3) is 0 Å². The topological polar surface area (TPSA) is 35.8 Å². The molecule has 0 aliphatic heterocycles. The molecule has 2 rings (SSSR count). The molecule has 0 unspecified atom stereocenters. The number of nitrogens with one attached hydrogen (secondary N) is 1. The molecule has 1 N–H and O–H groups in total. The van der Waals surface area contributed by atoms with Gasteiger partial charge in [0, 0.05) is 15.1 Å². The minimum absolute atomic E-state index is 0.602. The lowest BCUT2D eigenvalue weighted by Gasteiger charge is -2.08. The molecule has 2 aromatic carbocycles. The average molecular weight is 369 g/mol. The van der Waals surface area contributed by atoms with Crippen molar-refractivity contribution in [1.29, 1.82) is 5.26 Å². The molecule has 0 saturated carbocycles. The monoisotopic (exact) mass is 368 g/mol. The van der Waals surface area contributed by atoms with Gasteiger partial charge in [-0.15, -0.1) is 0 Å². The number of nitriles is 1. The van der Waals surface area contributed by atoms with Crippen LogP contribution in [0.1, 0.15) is 11.1 Å². The third-order valence-corrected chi connectivity index (χ3v) is 3.45. The molecule has 0 radical (unpaired) electrons. The number of halogens is 2. The van der Waals surface area contributed by atoms with E-state index in [9.17, 15) is 0 Å². The molecule has 0 aromatic heterocycles. The minimum atomic E-state index is 0.602. The molecule has 0 spiro atoms. The number of nitrogens with zero attached hydrogens (tertiary/aromatic N) is 1. The van der Waals surface area contributed by atoms with Gasteiger partial charge in [0.05, 0.1) is 11.3 Å². The second-order valence-corrected chi connectivity index (χ2v) is 5.46. The van der Waals surface area contributed by atoms with Gasteiger partial charge in [-0.2, -0.15) is 5.26 Å². The van der Waals surface area contributed by atoms with E-state index < -0.39 is 0 Å². The highest BCUT2D eigenvalue weighted by molar-refractivity contribution is 14.1. The van der Waals surface area contributed by atoms with Crippen LogP contribution in [0, 0.1) is 14.9 Å². The van der Waals surface area contributed by atoms with Gasteiger partial charge < -0.3 is 5.32 Å². The van der Waals surface area contributed by atoms with Crippen LogP contribution in [0.2, 0.25) is 5.02 Å². The van der Waals surface area contributed by atoms with Gasteiger partial charge in [0.1, 0.15) is 6.07 Å². The SMILES string of the molecule is N#Cc1ccc(Cl)cc1NCc1ccc(I)cc1. The molecule has 0 heterocycles. The first-order valence-electron chi connectivity index (χ1n) is 5.37. The lowest BCUT2D eigenvalue weighted by Crippen LogP contribution is -2.01. The van der Waals surface area contributed by atoms with Gasteiger partial charge >= 0.3 is 0 Å². The van der Waals surface area contributed by atoms with Crippen LogP contribution in [0.15, 0.2) is 42.5 Å². The fourth-order valence-electron chi connectivity index (χ4n) is 1.56. The highest BCUT2D eigenvalue weighted by atomic mass is 127. The quantitative estimate of drug-likeness (QED) is 0.814. The Morgan fingerprint density at radius 1 is 1.17 bits per heavy atom. The zero-order chi connectivity index (χ0) is 13.0. The van der Waals surface area contributed by atoms with Crippen molar-refractivity contribution >= 4 is 39.9 Å². The van der Waals surface area contributed by atoms with E-state index in [4.69, 9.17) is 16.9 Å². The Kier molecular flexibility index (Phi) is 4.45. The summed E-state index contributed by atoms with van der Waals surface area (Å²) < 4.78 is 1.21. The summed E-state index contributed by atoms with van der Waals surface area (Å²) >= 11 is 8.20. The number of hydrogen-bond acceptors (Lipinski definition) is 2. The van der Waals surface area contributed by atoms with Crippen molar-refractivity contribution in [3.05, 3.63) is 62.2 Å². The van der Waals surface area contributed by atoms with E-state index in [1.165, 1.54) is 9.13 Å². The van der Waals surface area contributed by atoms with Gasteiger partial charge in [-0.3, -0.25) is 0 Å². The van der Waals surface area contributed by atoms with Gasteiger partial charge in [-0.25, -0.2) is 0 Å². The van der Waals surface area contributed by atoms with E-state index in [0.717, 1.165) is 5.69 Å². The number of benzene rings is 2. The summed E-state index contributed by atoms with van der Waals surface area (Å²) in [5.74, 6) is 0. The predicted molar refractivity (Wildman–Crippen MR) is 82.7 cm³/mol. The molecule has 2 nitrogen and oxygen atoms in total. The van der Waals surface area contributed by atoms with Crippen LogP contribution in [0.5, 0.6) is 0 Å². The summed E-state index contributed by atoms with van der Waals surface area (Å²) in [6, 6.07) is 15.6. The number of hydrogen-bond donors (Lipinski definition) is 1. The molecule has 90 valence electrons. The van der Waals surface area contributed by atoms with E-state index >= 15 is 0 Å². The predicted octanol–water partition coefficient (Wildman–Crippen LogP) is 4.43. The van der Waals surface area contributed by atoms with Gasteiger partial charge in [0.25, 0.3) is 0 Å². The van der Waals surface area contributed by atoms with Crippen LogP contribution in [0.3, 0.4) is 0 Å². The molecule has 0 saturated heterocycles. The van der Waals surface area contributed by atoms with Gasteiger partial charge in [-0.1, -0.05) is 23.7 Å². The highest BCUT2D eigenvalue weighted by Crippen LogP contribution is 2.21. The first-order valence-corrected chi connectivity index (χ1v) is 6.82. The highest BCUT2D eigenvalue weighted by Gasteiger charge is 2.02. The lowest BCUT2D eigenvalue weighted by atomic mass is 10.1. The second kappa shape index (κ2) is 6.07. The van der Waals surface area contributed by atoms with Crippen LogP contribution in [0.4, 0.5) is 5.69 Å². The molecule has 18 heavy (non-hydrogen) atoms. The normalized spacial score (nSPS) is 9.83. The number of rotatable bonds is 3. The van der Waals surface area contributed by atoms with Crippen molar-refractivity contribution in [1.82, 2.24) is 0 Å². The van der Waals surface area contributed by atoms with Crippen molar-refractivity contribution in [3.63, 3.8) is 0 Å². The van der Waals surface area contributed by atoms with E-state index in [1.54, 1.807) is 18.2 Å². The summed E-state index contributed by atoms with van der Waals surface area (Å²) in [5.41, 5.74) is 2.53. The first kappa shape index (κ1) is 13.2. The lowest BCUT2D eigenvalue weighted by molar-refractivity contribution is 1.14. The van der Waals surface area contributed by atoms with Crippen molar-refractivity contribution in [2.24, 2.45) is 0 Å². The van der Waals surface area contributed by atoms with Gasteiger partial charge in [0.2, 0.25) is 0 Å². The van der Waals surface area contributed by atoms with Crippen LogP contribution < -0.4 is 5.32 Å². The maximum Gasteiger partial charge on any atom is 0.101 e. The minimum Gasteiger partial charge on any atom is -0.380 e. The standard InChI is InChI=1S/C14H10ClIN2/c15-12-4-3-11(8-17)14(7-12)18-9-10-1-5-13(16)6-2-10/h1-7,18H,9H2. The zero-order valence-corrected chi connectivity index (χ0v) is 12.4. The third-order valence-electron chi connectivity index (χ3n) is 2.50. The molecular formula is C14H10ClIN2. The third kappa shape index (κ3) is 3.37. The van der Waals surface area contributed by atoms with Crippen molar-refractivity contribution in [2.45, 2.75) is 6.54 Å². The van der Waals surface area contributed by atoms with E-state index in [1.807, 2.05) is 0 Å². The van der Waals surface area contributed by atoms with Crippen molar-refractivity contribution in [3.8, 4) is 6.07 Å². The Morgan fingerprint density at radius 3 is 2.56 bits per heavy atom. The van der Waals surface area contributed by atoms with E-state index in [2.05, 4.69) is 58.2 Å². The maximum absolute atomic E-state index is 9.01. The fraction of sp³-hybridized carbons (Fsp3) is 0.0714. The Hall–Kier alpha value is -1.25. The molecule has 0 atom stereocenters. The Bertz CT molecular complexity index is 588. The van der Waals surface area contributed by atoms with E-state index in [-0.39, 0.29) is 0 Å². The molecule has 0 aliphatic rings. The molecular weight excluding hydrogens is 359 g/mol. The molecule has 0 fully saturated rings. The van der Waals surface area contributed by atoms with E-state index in [0.29, 0.717) is 17.1 Å². The summed E-state index contributed by atoms with van der Waals surface area (Å²) in [5, 5.41) is 12.9. The molecule has 0 bridgehead atoms. The van der Waals surface area contributed by atoms with Crippen molar-refractivity contribution in [2.75, 3.05) is 5.32 Å². The Labute approximate surface area is 125 Å². The summed E-state index contributed by atoms with van der Waals surface area (Å²) in [6.07, 6.45) is 0. The Balaban J connectivity index is 2.13. The maximum atomic E-state index is 9.01. The fourth-order valence-corrected chi connectivity index (χ4v) is 2.09. The van der Waals surface area contributed by atoms with Gasteiger partial charge in [0.15, 0.2) is 0 Å². The Morgan fingerprint density at radius 2 is 1.89 bits per heavy atom. The van der Waals surface area contributed by atoms with Crippen LogP contribution >= 0.6 is 34.2 Å². The van der Waals surface area contributed by atoms with Gasteiger partial charge in [-0.05, 0) is 58.5 Å². The molecule has 0 aliphatic carbocycles. The van der Waals surface area contributed by atoms with Crippen molar-refractivity contribution < 1.29 is 0 Å². The average Bonchev–Trinajstić information content (AvgIpc) is 2.38. The summed E-state index contributed by atoms with van der Waals surface area (Å²) in [7, 11) is 0. The molecule has 0 amide bonds. The molecule has 2 aromatic rings. The van der Waals surface area contributed by atoms with Crippen LogP contribution in [-0.2, 0) is 6.54 Å². The zero-order valence-electron chi connectivity index (χ0n) is 9.45.